The first-order chi connectivity index (χ1) is 11.4. The molecule has 0 fully saturated rings. The van der Waals surface area contributed by atoms with Crippen molar-refractivity contribution in [2.45, 2.75) is 26.3 Å². The molecule has 0 bridgehead atoms. The number of ether oxygens (including phenoxy) is 1. The first kappa shape index (κ1) is 19.0. The minimum atomic E-state index is -5.82. The maximum atomic E-state index is 12.4. The minimum Gasteiger partial charge on any atom is -0.448 e. The summed E-state index contributed by atoms with van der Waals surface area (Å²) < 4.78 is 69.0. The molecule has 2 aromatic rings. The van der Waals surface area contributed by atoms with E-state index in [1.54, 1.807) is 0 Å². The average molecular weight is 381 g/mol. The Hall–Kier alpha value is -2.37. The van der Waals surface area contributed by atoms with Crippen molar-refractivity contribution < 1.29 is 35.3 Å². The van der Waals surface area contributed by atoms with Gasteiger partial charge in [0.05, 0.1) is 18.5 Å². The number of aromatic nitrogens is 3. The highest BCUT2D eigenvalue weighted by molar-refractivity contribution is 7.88. The standard InChI is InChI=1S/C13H14F3N3O5S/c1-7(2)6-23-12(20)19-11-10(8(3)18-19)4-9(5-17-11)24-25(21,22)13(14,15)16/h4-5,7H,6H2,1-3H3. The second-order valence-electron chi connectivity index (χ2n) is 5.49. The molecule has 0 N–H and O–H groups in total. The molecule has 0 spiro atoms. The number of hydrogen-bond acceptors (Lipinski definition) is 7. The summed E-state index contributed by atoms with van der Waals surface area (Å²) in [5, 5.41) is 4.06. The van der Waals surface area contributed by atoms with E-state index in [9.17, 15) is 26.4 Å². The lowest BCUT2D eigenvalue weighted by atomic mass is 10.2. The molecular formula is C13H14F3N3O5S. The SMILES string of the molecule is Cc1nn(C(=O)OCC(C)C)c2ncc(OS(=O)(=O)C(F)(F)F)cc12. The van der Waals surface area contributed by atoms with Crippen molar-refractivity contribution in [1.82, 2.24) is 14.8 Å². The Labute approximate surface area is 140 Å². The van der Waals surface area contributed by atoms with E-state index in [1.165, 1.54) is 6.92 Å². The summed E-state index contributed by atoms with van der Waals surface area (Å²) >= 11 is 0. The van der Waals surface area contributed by atoms with Crippen LogP contribution in [-0.2, 0) is 14.9 Å². The van der Waals surface area contributed by atoms with Gasteiger partial charge in [-0.3, -0.25) is 0 Å². The third kappa shape index (κ3) is 4.00. The molecule has 2 rings (SSSR count). The number of nitrogens with zero attached hydrogens (tertiary/aromatic N) is 3. The summed E-state index contributed by atoms with van der Waals surface area (Å²) in [7, 11) is -5.82. The summed E-state index contributed by atoms with van der Waals surface area (Å²) in [6.45, 7) is 5.29. The number of halogens is 3. The van der Waals surface area contributed by atoms with Crippen LogP contribution in [0, 0.1) is 12.8 Å². The van der Waals surface area contributed by atoms with Crippen molar-refractivity contribution in [3.63, 3.8) is 0 Å². The van der Waals surface area contributed by atoms with E-state index >= 15 is 0 Å². The number of hydrogen-bond donors (Lipinski definition) is 0. The van der Waals surface area contributed by atoms with Crippen LogP contribution in [0.5, 0.6) is 5.75 Å². The molecular weight excluding hydrogens is 367 g/mol. The van der Waals surface area contributed by atoms with Gasteiger partial charge in [-0.1, -0.05) is 13.8 Å². The molecule has 0 aliphatic carbocycles. The van der Waals surface area contributed by atoms with Crippen molar-refractivity contribution in [3.8, 4) is 5.75 Å². The van der Waals surface area contributed by atoms with Crippen molar-refractivity contribution in [2.75, 3.05) is 6.61 Å². The average Bonchev–Trinajstić information content (AvgIpc) is 2.80. The second-order valence-corrected chi connectivity index (χ2v) is 7.03. The van der Waals surface area contributed by atoms with Crippen molar-refractivity contribution in [2.24, 2.45) is 5.92 Å². The van der Waals surface area contributed by atoms with Gasteiger partial charge in [-0.25, -0.2) is 9.78 Å². The zero-order valence-corrected chi connectivity index (χ0v) is 14.2. The van der Waals surface area contributed by atoms with E-state index in [0.717, 1.165) is 16.9 Å². The number of pyridine rings is 1. The molecule has 0 aliphatic rings. The molecule has 0 aliphatic heterocycles. The van der Waals surface area contributed by atoms with Crippen LogP contribution in [-0.4, -0.2) is 41.4 Å². The Kier molecular flexibility index (Phi) is 4.93. The predicted molar refractivity (Wildman–Crippen MR) is 79.5 cm³/mol. The van der Waals surface area contributed by atoms with Gasteiger partial charge in [0.2, 0.25) is 0 Å². The Morgan fingerprint density at radius 2 is 2.00 bits per heavy atom. The minimum absolute atomic E-state index is 0.00279. The van der Waals surface area contributed by atoms with Crippen molar-refractivity contribution in [3.05, 3.63) is 18.0 Å². The van der Waals surface area contributed by atoms with Crippen LogP contribution in [0.4, 0.5) is 18.0 Å². The summed E-state index contributed by atoms with van der Waals surface area (Å²) in [5.41, 5.74) is -5.33. The van der Waals surface area contributed by atoms with Gasteiger partial charge >= 0.3 is 21.7 Å². The molecule has 0 saturated carbocycles. The number of aryl methyl sites for hydroxylation is 1. The number of carbonyl (C=O) groups excluding carboxylic acids is 1. The molecule has 2 heterocycles. The molecule has 0 saturated heterocycles. The van der Waals surface area contributed by atoms with Gasteiger partial charge in [0, 0.05) is 5.39 Å². The molecule has 2 aromatic heterocycles. The quantitative estimate of drug-likeness (QED) is 0.593. The normalized spacial score (nSPS) is 12.6. The number of rotatable bonds is 4. The highest BCUT2D eigenvalue weighted by atomic mass is 32.2. The largest absolute Gasteiger partial charge is 0.534 e. The van der Waals surface area contributed by atoms with Gasteiger partial charge < -0.3 is 8.92 Å². The molecule has 0 radical (unpaired) electrons. The summed E-state index contributed by atoms with van der Waals surface area (Å²) in [5.74, 6) is -0.560. The van der Waals surface area contributed by atoms with Crippen LogP contribution < -0.4 is 4.18 Å². The Bertz CT molecular complexity index is 906. The fourth-order valence-electron chi connectivity index (χ4n) is 1.77. The molecule has 8 nitrogen and oxygen atoms in total. The first-order valence-corrected chi connectivity index (χ1v) is 8.36. The topological polar surface area (TPSA) is 100 Å². The van der Waals surface area contributed by atoms with Gasteiger partial charge in [0.25, 0.3) is 0 Å². The van der Waals surface area contributed by atoms with Crippen molar-refractivity contribution in [1.29, 1.82) is 0 Å². The van der Waals surface area contributed by atoms with E-state index in [-0.39, 0.29) is 29.3 Å². The summed E-state index contributed by atoms with van der Waals surface area (Å²) in [4.78, 5) is 15.7. The van der Waals surface area contributed by atoms with Gasteiger partial charge in [-0.2, -0.15) is 26.7 Å². The van der Waals surface area contributed by atoms with Gasteiger partial charge in [0.1, 0.15) is 0 Å². The molecule has 0 atom stereocenters. The van der Waals surface area contributed by atoms with Crippen LogP contribution in [0.1, 0.15) is 19.5 Å². The Balaban J connectivity index is 2.36. The highest BCUT2D eigenvalue weighted by Crippen LogP contribution is 2.28. The highest BCUT2D eigenvalue weighted by Gasteiger charge is 2.48. The maximum Gasteiger partial charge on any atom is 0.534 e. The van der Waals surface area contributed by atoms with E-state index in [4.69, 9.17) is 4.74 Å². The molecule has 0 unspecified atom stereocenters. The van der Waals surface area contributed by atoms with Crippen LogP contribution in [0.3, 0.4) is 0 Å². The van der Waals surface area contributed by atoms with Crippen LogP contribution in [0.15, 0.2) is 12.3 Å². The second kappa shape index (κ2) is 6.50. The third-order valence-corrected chi connectivity index (χ3v) is 3.86. The van der Waals surface area contributed by atoms with Gasteiger partial charge in [-0.15, -0.1) is 4.68 Å². The van der Waals surface area contributed by atoms with Crippen LogP contribution in [0.25, 0.3) is 11.0 Å². The van der Waals surface area contributed by atoms with E-state index < -0.39 is 27.5 Å². The third-order valence-electron chi connectivity index (χ3n) is 2.88. The summed E-state index contributed by atoms with van der Waals surface area (Å²) in [6.07, 6.45) is -0.0604. The van der Waals surface area contributed by atoms with E-state index in [0.29, 0.717) is 0 Å². The summed E-state index contributed by atoms with van der Waals surface area (Å²) in [6, 6.07) is 1.00. The fourth-order valence-corrected chi connectivity index (χ4v) is 2.21. The van der Waals surface area contributed by atoms with Crippen molar-refractivity contribution >= 4 is 27.2 Å². The van der Waals surface area contributed by atoms with Crippen LogP contribution in [0.2, 0.25) is 0 Å². The molecule has 0 aromatic carbocycles. The molecule has 138 valence electrons. The predicted octanol–water partition coefficient (Wildman–Crippen LogP) is 2.61. The van der Waals surface area contributed by atoms with E-state index in [2.05, 4.69) is 14.3 Å². The molecule has 25 heavy (non-hydrogen) atoms. The zero-order valence-electron chi connectivity index (χ0n) is 13.4. The molecule has 12 heteroatoms. The smallest absolute Gasteiger partial charge is 0.448 e. The Morgan fingerprint density at radius 1 is 1.36 bits per heavy atom. The first-order valence-electron chi connectivity index (χ1n) is 6.95. The van der Waals surface area contributed by atoms with Gasteiger partial charge in [-0.05, 0) is 18.9 Å². The zero-order chi connectivity index (χ0) is 19.0. The number of fused-ring (bicyclic) bond motifs is 1. The van der Waals surface area contributed by atoms with Crippen LogP contribution >= 0.6 is 0 Å². The van der Waals surface area contributed by atoms with Gasteiger partial charge in [0.15, 0.2) is 11.4 Å². The number of carbonyl (C=O) groups is 1. The monoisotopic (exact) mass is 381 g/mol. The lowest BCUT2D eigenvalue weighted by molar-refractivity contribution is -0.0500. The number of alkyl halides is 3. The molecule has 0 amide bonds. The maximum absolute atomic E-state index is 12.4. The Morgan fingerprint density at radius 3 is 2.56 bits per heavy atom. The lowest BCUT2D eigenvalue weighted by Crippen LogP contribution is -2.28. The fraction of sp³-hybridized carbons (Fsp3) is 0.462. The van der Waals surface area contributed by atoms with E-state index in [1.807, 2.05) is 13.8 Å². The lowest BCUT2D eigenvalue weighted by Gasteiger charge is -2.09.